The van der Waals surface area contributed by atoms with Crippen LogP contribution in [-0.4, -0.2) is 40.0 Å². The first-order valence-electron chi connectivity index (χ1n) is 10.1. The molecule has 154 valence electrons. The summed E-state index contributed by atoms with van der Waals surface area (Å²) in [4.78, 5) is 42.3. The topological polar surface area (TPSA) is 76.6 Å². The molecule has 1 atom stereocenters. The Labute approximate surface area is 180 Å². The van der Waals surface area contributed by atoms with E-state index in [-0.39, 0.29) is 23.9 Å². The van der Waals surface area contributed by atoms with Crippen LogP contribution in [0.5, 0.6) is 5.75 Å². The molecule has 0 N–H and O–H groups in total. The molecule has 2 heterocycles. The van der Waals surface area contributed by atoms with Gasteiger partial charge in [-0.05, 0) is 36.2 Å². The number of fused-ring (bicyclic) bond motifs is 1. The van der Waals surface area contributed by atoms with Crippen molar-refractivity contribution in [1.82, 2.24) is 9.88 Å². The quantitative estimate of drug-likeness (QED) is 0.438. The Hall–Kier alpha value is -3.90. The van der Waals surface area contributed by atoms with Crippen molar-refractivity contribution in [3.63, 3.8) is 0 Å². The van der Waals surface area contributed by atoms with E-state index in [0.717, 1.165) is 11.1 Å². The number of ketones is 2. The predicted octanol–water partition coefficient (Wildman–Crippen LogP) is 2.53. The third kappa shape index (κ3) is 4.34. The van der Waals surface area contributed by atoms with E-state index in [1.165, 1.54) is 0 Å². The second kappa shape index (κ2) is 8.85. The summed E-state index contributed by atoms with van der Waals surface area (Å²) in [6, 6.07) is 8.38. The van der Waals surface area contributed by atoms with Crippen LogP contribution in [0.15, 0.2) is 36.5 Å². The number of nitrogens with zero attached hydrogens (tertiary/aromatic N) is 2. The highest BCUT2D eigenvalue weighted by Crippen LogP contribution is 2.30. The van der Waals surface area contributed by atoms with Gasteiger partial charge < -0.3 is 9.64 Å². The van der Waals surface area contributed by atoms with Gasteiger partial charge in [0.2, 0.25) is 0 Å². The molecule has 6 nitrogen and oxygen atoms in total. The van der Waals surface area contributed by atoms with Crippen LogP contribution >= 0.6 is 0 Å². The highest BCUT2D eigenvalue weighted by atomic mass is 16.5. The number of hydrogen-bond donors (Lipinski definition) is 0. The van der Waals surface area contributed by atoms with Gasteiger partial charge in [-0.15, -0.1) is 6.42 Å². The summed E-state index contributed by atoms with van der Waals surface area (Å²) in [5.41, 5.74) is 2.73. The van der Waals surface area contributed by atoms with Gasteiger partial charge in [0.1, 0.15) is 17.2 Å². The molecular formula is C25H20N2O4. The van der Waals surface area contributed by atoms with Gasteiger partial charge >= 0.3 is 0 Å². The summed E-state index contributed by atoms with van der Waals surface area (Å²) in [5, 5.41) is 0. The molecule has 1 fully saturated rings. The number of Topliss-reactive ketones (excluding diaryl/α,β-unsaturated/α-hetero) is 2. The number of rotatable bonds is 4. The number of terminal acetylenes is 1. The third-order valence-electron chi connectivity index (χ3n) is 5.41. The van der Waals surface area contributed by atoms with E-state index >= 15 is 0 Å². The monoisotopic (exact) mass is 412 g/mol. The van der Waals surface area contributed by atoms with Gasteiger partial charge in [-0.2, -0.15) is 0 Å². The van der Waals surface area contributed by atoms with E-state index in [1.807, 2.05) is 6.07 Å². The van der Waals surface area contributed by atoms with Gasteiger partial charge in [-0.3, -0.25) is 14.4 Å². The molecule has 1 aromatic carbocycles. The van der Waals surface area contributed by atoms with Gasteiger partial charge in [0.15, 0.2) is 5.78 Å². The molecule has 31 heavy (non-hydrogen) atoms. The van der Waals surface area contributed by atoms with Crippen molar-refractivity contribution < 1.29 is 19.1 Å². The maximum atomic E-state index is 12.9. The summed E-state index contributed by atoms with van der Waals surface area (Å²) >= 11 is 0. The van der Waals surface area contributed by atoms with Crippen LogP contribution in [0, 0.1) is 24.2 Å². The molecule has 1 unspecified atom stereocenters. The zero-order valence-electron chi connectivity index (χ0n) is 16.9. The largest absolute Gasteiger partial charge is 0.491 e. The summed E-state index contributed by atoms with van der Waals surface area (Å²) in [5.74, 6) is 8.88. The molecule has 1 amide bonds. The highest BCUT2D eigenvalue weighted by molar-refractivity contribution is 6.07. The Morgan fingerprint density at radius 1 is 1.19 bits per heavy atom. The first kappa shape index (κ1) is 20.4. The summed E-state index contributed by atoms with van der Waals surface area (Å²) in [6.07, 6.45) is 8.01. The molecule has 0 bridgehead atoms. The molecule has 1 aliphatic heterocycles. The van der Waals surface area contributed by atoms with Gasteiger partial charge in [-0.1, -0.05) is 23.8 Å². The van der Waals surface area contributed by atoms with Crippen molar-refractivity contribution in [2.24, 2.45) is 0 Å². The molecule has 1 aliphatic carbocycles. The van der Waals surface area contributed by atoms with Crippen LogP contribution in [0.2, 0.25) is 0 Å². The lowest BCUT2D eigenvalue weighted by molar-refractivity contribution is -0.133. The third-order valence-corrected chi connectivity index (χ3v) is 5.41. The lowest BCUT2D eigenvalue weighted by Gasteiger charge is -2.29. The molecule has 0 saturated heterocycles. The van der Waals surface area contributed by atoms with E-state index < -0.39 is 6.04 Å². The van der Waals surface area contributed by atoms with Crippen LogP contribution in [0.4, 0.5) is 0 Å². The Morgan fingerprint density at radius 2 is 2.06 bits per heavy atom. The predicted molar refractivity (Wildman–Crippen MR) is 113 cm³/mol. The zero-order valence-corrected chi connectivity index (χ0v) is 16.9. The van der Waals surface area contributed by atoms with Crippen LogP contribution in [-0.2, 0) is 16.1 Å². The minimum absolute atomic E-state index is 0.0537. The highest BCUT2D eigenvalue weighted by Gasteiger charge is 2.39. The minimum Gasteiger partial charge on any atom is -0.491 e. The lowest BCUT2D eigenvalue weighted by Crippen LogP contribution is -2.44. The fourth-order valence-corrected chi connectivity index (χ4v) is 3.84. The van der Waals surface area contributed by atoms with Crippen LogP contribution < -0.4 is 4.74 Å². The van der Waals surface area contributed by atoms with Crippen molar-refractivity contribution in [2.75, 3.05) is 6.61 Å². The Balaban J connectivity index is 1.40. The standard InChI is InChI=1S/C25H20N2O4/c1-2-18-9-11-20(15-26-18)31-13-4-3-6-17-7-5-8-21-22(17)16-27(25(21)30)23-12-10-19(28)14-24(23)29/h1,5,7-9,11,15,23H,4,10,12-14,16H2. The fourth-order valence-electron chi connectivity index (χ4n) is 3.84. The van der Waals surface area contributed by atoms with E-state index in [4.69, 9.17) is 11.2 Å². The Kier molecular flexibility index (Phi) is 5.82. The second-order valence-electron chi connectivity index (χ2n) is 7.42. The van der Waals surface area contributed by atoms with Crippen molar-refractivity contribution in [2.45, 2.75) is 38.3 Å². The SMILES string of the molecule is C#Cc1ccc(OCCC#Cc2cccc3c2CN(C2CCC(=O)CC2=O)C3=O)cn1. The molecule has 2 aromatic rings. The average Bonchev–Trinajstić information content (AvgIpc) is 3.11. The van der Waals surface area contributed by atoms with Crippen molar-refractivity contribution >= 4 is 17.5 Å². The number of benzene rings is 1. The molecule has 1 aromatic heterocycles. The fraction of sp³-hybridized carbons (Fsp3) is 0.280. The summed E-state index contributed by atoms with van der Waals surface area (Å²) < 4.78 is 5.61. The number of ether oxygens (including phenoxy) is 1. The second-order valence-corrected chi connectivity index (χ2v) is 7.42. The number of amides is 1. The molecule has 2 aliphatic rings. The van der Waals surface area contributed by atoms with Gasteiger partial charge in [0, 0.05) is 30.5 Å². The minimum atomic E-state index is -0.527. The smallest absolute Gasteiger partial charge is 0.255 e. The Morgan fingerprint density at radius 3 is 2.81 bits per heavy atom. The zero-order chi connectivity index (χ0) is 21.8. The number of hydrogen-bond acceptors (Lipinski definition) is 5. The van der Waals surface area contributed by atoms with Crippen molar-refractivity contribution in [3.8, 4) is 29.9 Å². The van der Waals surface area contributed by atoms with E-state index in [9.17, 15) is 14.4 Å². The maximum absolute atomic E-state index is 12.9. The Bertz CT molecular complexity index is 1150. The summed E-state index contributed by atoms with van der Waals surface area (Å²) in [7, 11) is 0. The van der Waals surface area contributed by atoms with Gasteiger partial charge in [0.05, 0.1) is 25.3 Å². The molecule has 0 spiro atoms. The normalized spacial score (nSPS) is 17.6. The number of carbonyl (C=O) groups is 3. The van der Waals surface area contributed by atoms with E-state index in [2.05, 4.69) is 22.7 Å². The van der Waals surface area contributed by atoms with Crippen molar-refractivity contribution in [3.05, 3.63) is 58.9 Å². The van der Waals surface area contributed by atoms with Crippen molar-refractivity contribution in [1.29, 1.82) is 0 Å². The van der Waals surface area contributed by atoms with Crippen LogP contribution in [0.1, 0.15) is 52.9 Å². The van der Waals surface area contributed by atoms with Gasteiger partial charge in [-0.25, -0.2) is 4.98 Å². The number of pyridine rings is 1. The molecule has 1 saturated carbocycles. The van der Waals surface area contributed by atoms with Gasteiger partial charge in [0.25, 0.3) is 5.91 Å². The first-order valence-corrected chi connectivity index (χ1v) is 10.1. The first-order chi connectivity index (χ1) is 15.1. The molecule has 0 radical (unpaired) electrons. The van der Waals surface area contributed by atoms with E-state index in [1.54, 1.807) is 35.4 Å². The van der Waals surface area contributed by atoms with E-state index in [0.29, 0.717) is 49.4 Å². The number of aromatic nitrogens is 1. The van der Waals surface area contributed by atoms with Crippen LogP contribution in [0.25, 0.3) is 0 Å². The molecule has 6 heteroatoms. The maximum Gasteiger partial charge on any atom is 0.255 e. The number of carbonyl (C=O) groups excluding carboxylic acids is 3. The average molecular weight is 412 g/mol. The summed E-state index contributed by atoms with van der Waals surface area (Å²) in [6.45, 7) is 0.738. The lowest BCUT2D eigenvalue weighted by atomic mass is 9.92. The molecular weight excluding hydrogens is 392 g/mol. The van der Waals surface area contributed by atoms with Crippen LogP contribution in [0.3, 0.4) is 0 Å². The molecule has 4 rings (SSSR count).